The summed E-state index contributed by atoms with van der Waals surface area (Å²) in [5, 5.41) is 0.705. The first-order chi connectivity index (χ1) is 16.8. The molecular formula is C27H28Cl2N2O3S. The van der Waals surface area contributed by atoms with Crippen LogP contribution in [0.1, 0.15) is 29.5 Å². The Bertz CT molecular complexity index is 1210. The van der Waals surface area contributed by atoms with Gasteiger partial charge in [0.1, 0.15) is 0 Å². The van der Waals surface area contributed by atoms with Crippen molar-refractivity contribution < 1.29 is 13.2 Å². The lowest BCUT2D eigenvalue weighted by Gasteiger charge is -2.34. The third-order valence-electron chi connectivity index (χ3n) is 6.20. The fourth-order valence-corrected chi connectivity index (χ4v) is 6.32. The summed E-state index contributed by atoms with van der Waals surface area (Å²) in [5.41, 5.74) is 2.65. The number of rotatable bonds is 8. The Morgan fingerprint density at radius 1 is 0.857 bits per heavy atom. The molecule has 0 aromatic heterocycles. The number of benzene rings is 3. The smallest absolute Gasteiger partial charge is 0.227 e. The number of amides is 1. The van der Waals surface area contributed by atoms with E-state index in [4.69, 9.17) is 23.2 Å². The van der Waals surface area contributed by atoms with Gasteiger partial charge >= 0.3 is 0 Å². The maximum absolute atomic E-state index is 13.7. The Morgan fingerprint density at radius 3 is 2.03 bits per heavy atom. The van der Waals surface area contributed by atoms with Crippen molar-refractivity contribution in [3.05, 3.63) is 106 Å². The molecule has 1 heterocycles. The normalized spacial score (nSPS) is 16.7. The Hall–Kier alpha value is -2.38. The number of sulfonamides is 1. The molecule has 0 saturated carbocycles. The molecule has 1 aliphatic heterocycles. The van der Waals surface area contributed by atoms with Crippen molar-refractivity contribution in [2.45, 2.75) is 31.7 Å². The largest absolute Gasteiger partial charge is 0.334 e. The molecule has 0 spiro atoms. The molecule has 8 heteroatoms. The highest BCUT2D eigenvalue weighted by molar-refractivity contribution is 7.88. The van der Waals surface area contributed by atoms with Gasteiger partial charge in [-0.2, -0.15) is 0 Å². The van der Waals surface area contributed by atoms with E-state index in [1.807, 2.05) is 65.6 Å². The third kappa shape index (κ3) is 6.85. The zero-order chi connectivity index (χ0) is 24.8. The minimum absolute atomic E-state index is 0.0212. The van der Waals surface area contributed by atoms with Crippen LogP contribution in [0.5, 0.6) is 0 Å². The van der Waals surface area contributed by atoms with Crippen LogP contribution in [-0.2, 0) is 33.7 Å². The lowest BCUT2D eigenvalue weighted by molar-refractivity contribution is -0.138. The van der Waals surface area contributed by atoms with Gasteiger partial charge in [-0.1, -0.05) is 89.9 Å². The highest BCUT2D eigenvalue weighted by Gasteiger charge is 2.34. The van der Waals surface area contributed by atoms with E-state index in [1.165, 1.54) is 4.31 Å². The summed E-state index contributed by atoms with van der Waals surface area (Å²) in [6.07, 6.45) is 1.30. The van der Waals surface area contributed by atoms with Gasteiger partial charge in [0.25, 0.3) is 0 Å². The molecule has 1 saturated heterocycles. The summed E-state index contributed by atoms with van der Waals surface area (Å²) >= 11 is 12.0. The molecule has 184 valence electrons. The predicted molar refractivity (Wildman–Crippen MR) is 141 cm³/mol. The first-order valence-corrected chi connectivity index (χ1v) is 14.0. The van der Waals surface area contributed by atoms with Gasteiger partial charge in [-0.3, -0.25) is 4.79 Å². The van der Waals surface area contributed by atoms with Crippen LogP contribution >= 0.6 is 23.2 Å². The van der Waals surface area contributed by atoms with Crippen molar-refractivity contribution in [1.29, 1.82) is 0 Å². The van der Waals surface area contributed by atoms with Crippen molar-refractivity contribution in [2.24, 2.45) is 5.92 Å². The molecule has 3 aromatic rings. The maximum atomic E-state index is 13.7. The number of hydrogen-bond acceptors (Lipinski definition) is 3. The standard InChI is InChI=1S/C27H28Cl2N2O3S/c28-25-14-13-23(16-26(25)29)20-35(33,34)31-15-7-12-24(19-31)27(32)30(17-21-8-3-1-4-9-21)18-22-10-5-2-6-11-22/h1-6,8-11,13-14,16,24H,7,12,15,17-20H2. The van der Waals surface area contributed by atoms with E-state index in [2.05, 4.69) is 0 Å². The summed E-state index contributed by atoms with van der Waals surface area (Å²) in [5.74, 6) is -0.588. The fraction of sp³-hybridized carbons (Fsp3) is 0.296. The fourth-order valence-electron chi connectivity index (χ4n) is 4.41. The minimum Gasteiger partial charge on any atom is -0.334 e. The number of carbonyl (C=O) groups is 1. The molecule has 1 unspecified atom stereocenters. The van der Waals surface area contributed by atoms with Crippen molar-refractivity contribution in [3.8, 4) is 0 Å². The van der Waals surface area contributed by atoms with Gasteiger partial charge in [-0.25, -0.2) is 12.7 Å². The van der Waals surface area contributed by atoms with Crippen LogP contribution < -0.4 is 0 Å². The molecule has 3 aromatic carbocycles. The number of piperidine rings is 1. The average Bonchev–Trinajstić information content (AvgIpc) is 2.87. The first-order valence-electron chi connectivity index (χ1n) is 11.6. The molecule has 1 aliphatic rings. The van der Waals surface area contributed by atoms with Crippen LogP contribution in [0.15, 0.2) is 78.9 Å². The molecule has 5 nitrogen and oxygen atoms in total. The molecule has 1 atom stereocenters. The number of carbonyl (C=O) groups excluding carboxylic acids is 1. The van der Waals surface area contributed by atoms with Crippen LogP contribution in [-0.4, -0.2) is 36.6 Å². The molecule has 1 amide bonds. The Kier molecular flexibility index (Phi) is 8.50. The second-order valence-electron chi connectivity index (χ2n) is 8.87. The van der Waals surface area contributed by atoms with Crippen molar-refractivity contribution in [1.82, 2.24) is 9.21 Å². The highest BCUT2D eigenvalue weighted by Crippen LogP contribution is 2.27. The zero-order valence-corrected chi connectivity index (χ0v) is 21.6. The monoisotopic (exact) mass is 530 g/mol. The van der Waals surface area contributed by atoms with Gasteiger partial charge in [0.05, 0.1) is 21.7 Å². The average molecular weight is 532 g/mol. The van der Waals surface area contributed by atoms with E-state index < -0.39 is 10.0 Å². The van der Waals surface area contributed by atoms with E-state index >= 15 is 0 Å². The molecule has 1 fully saturated rings. The second-order valence-corrected chi connectivity index (χ2v) is 11.7. The summed E-state index contributed by atoms with van der Waals surface area (Å²) in [4.78, 5) is 15.5. The molecule has 0 N–H and O–H groups in total. The molecule has 0 aliphatic carbocycles. The summed E-state index contributed by atoms with van der Waals surface area (Å²) < 4.78 is 27.8. The minimum atomic E-state index is -3.62. The van der Waals surface area contributed by atoms with Crippen molar-refractivity contribution in [2.75, 3.05) is 13.1 Å². The molecule has 4 rings (SSSR count). The lowest BCUT2D eigenvalue weighted by Crippen LogP contribution is -2.46. The number of halogens is 2. The van der Waals surface area contributed by atoms with Crippen molar-refractivity contribution >= 4 is 39.1 Å². The van der Waals surface area contributed by atoms with Crippen LogP contribution in [0.4, 0.5) is 0 Å². The van der Waals surface area contributed by atoms with Crippen LogP contribution in [0.25, 0.3) is 0 Å². The highest BCUT2D eigenvalue weighted by atomic mass is 35.5. The van der Waals surface area contributed by atoms with E-state index in [0.29, 0.717) is 48.1 Å². The summed E-state index contributed by atoms with van der Waals surface area (Å²) in [6.45, 7) is 1.54. The van der Waals surface area contributed by atoms with Crippen LogP contribution in [0.3, 0.4) is 0 Å². The van der Waals surface area contributed by atoms with Crippen LogP contribution in [0.2, 0.25) is 10.0 Å². The third-order valence-corrected chi connectivity index (χ3v) is 8.76. The Balaban J connectivity index is 1.50. The molecule has 0 radical (unpaired) electrons. The van der Waals surface area contributed by atoms with Gasteiger partial charge in [0, 0.05) is 26.2 Å². The molecule has 0 bridgehead atoms. The van der Waals surface area contributed by atoms with E-state index in [1.54, 1.807) is 18.2 Å². The SMILES string of the molecule is O=C(C1CCCN(S(=O)(=O)Cc2ccc(Cl)c(Cl)c2)C1)N(Cc1ccccc1)Cc1ccccc1. The van der Waals surface area contributed by atoms with Crippen LogP contribution in [0, 0.1) is 5.92 Å². The second kappa shape index (κ2) is 11.6. The number of hydrogen-bond donors (Lipinski definition) is 0. The predicted octanol–water partition coefficient (Wildman–Crippen LogP) is 5.76. The summed E-state index contributed by atoms with van der Waals surface area (Å²) in [7, 11) is -3.62. The quantitative estimate of drug-likeness (QED) is 0.371. The molecule has 35 heavy (non-hydrogen) atoms. The lowest BCUT2D eigenvalue weighted by atomic mass is 9.97. The van der Waals surface area contributed by atoms with E-state index in [-0.39, 0.29) is 24.1 Å². The van der Waals surface area contributed by atoms with Gasteiger partial charge in [0.2, 0.25) is 15.9 Å². The Morgan fingerprint density at radius 2 is 1.46 bits per heavy atom. The van der Waals surface area contributed by atoms with Gasteiger partial charge in [0.15, 0.2) is 0 Å². The Labute approximate surface area is 217 Å². The molecular weight excluding hydrogens is 503 g/mol. The van der Waals surface area contributed by atoms with E-state index in [9.17, 15) is 13.2 Å². The summed E-state index contributed by atoms with van der Waals surface area (Å²) in [6, 6.07) is 24.6. The maximum Gasteiger partial charge on any atom is 0.227 e. The van der Waals surface area contributed by atoms with Gasteiger partial charge in [-0.05, 0) is 41.7 Å². The van der Waals surface area contributed by atoms with Crippen molar-refractivity contribution in [3.63, 3.8) is 0 Å². The topological polar surface area (TPSA) is 57.7 Å². The van der Waals surface area contributed by atoms with E-state index in [0.717, 1.165) is 11.1 Å². The van der Waals surface area contributed by atoms with Gasteiger partial charge < -0.3 is 4.90 Å². The first kappa shape index (κ1) is 25.7. The zero-order valence-electron chi connectivity index (χ0n) is 19.3. The van der Waals surface area contributed by atoms with Gasteiger partial charge in [-0.15, -0.1) is 0 Å². The number of nitrogens with zero attached hydrogens (tertiary/aromatic N) is 2.